The van der Waals surface area contributed by atoms with Gasteiger partial charge in [0.05, 0.1) is 17.3 Å². The molecule has 2 heterocycles. The molecule has 0 bridgehead atoms. The monoisotopic (exact) mass is 474 g/mol. The highest BCUT2D eigenvalue weighted by Gasteiger charge is 2.36. The molecule has 0 saturated heterocycles. The van der Waals surface area contributed by atoms with Crippen LogP contribution in [0.2, 0.25) is 5.02 Å². The van der Waals surface area contributed by atoms with Crippen molar-refractivity contribution in [1.29, 1.82) is 0 Å². The normalized spacial score (nSPS) is 16.1. The van der Waals surface area contributed by atoms with E-state index in [1.807, 2.05) is 56.3 Å². The van der Waals surface area contributed by atoms with Crippen LogP contribution in [0.4, 0.5) is 14.9 Å². The summed E-state index contributed by atoms with van der Waals surface area (Å²) in [6.07, 6.45) is 0. The second-order valence-electron chi connectivity index (χ2n) is 7.99. The number of halogens is 2. The fourth-order valence-electron chi connectivity index (χ4n) is 3.99. The van der Waals surface area contributed by atoms with Gasteiger partial charge in [0, 0.05) is 16.3 Å². The third-order valence-corrected chi connectivity index (χ3v) is 6.20. The van der Waals surface area contributed by atoms with Crippen LogP contribution >= 0.6 is 11.6 Å². The lowest BCUT2D eigenvalue weighted by Crippen LogP contribution is -2.46. The molecule has 1 aliphatic heterocycles. The first-order chi connectivity index (χ1) is 16.4. The van der Waals surface area contributed by atoms with Gasteiger partial charge in [0.25, 0.3) is 5.89 Å². The molecular formula is C26H20ClFN4O2. The van der Waals surface area contributed by atoms with E-state index in [4.69, 9.17) is 16.1 Å². The van der Waals surface area contributed by atoms with Crippen molar-refractivity contribution in [3.63, 3.8) is 0 Å². The number of urea groups is 1. The standard InChI is InChI=1S/C26H20ClFN4O2/c1-15-8-13-20(14-21(15)27)32-16(2)22(23(29-26(32)33)17-9-11-19(28)12-10-17)25-30-24(31-34-25)18-6-4-3-5-7-18/h3-14,23H,1-2H3,(H,29,33). The number of allylic oxidation sites excluding steroid dienone is 1. The number of aryl methyl sites for hydroxylation is 1. The van der Waals surface area contributed by atoms with Crippen LogP contribution in [0.25, 0.3) is 17.0 Å². The van der Waals surface area contributed by atoms with Crippen LogP contribution in [-0.4, -0.2) is 16.2 Å². The number of nitrogens with zero attached hydrogens (tertiary/aromatic N) is 3. The molecule has 8 heteroatoms. The molecule has 1 unspecified atom stereocenters. The van der Waals surface area contributed by atoms with Gasteiger partial charge in [0.2, 0.25) is 5.82 Å². The molecule has 4 aromatic rings. The number of carbonyl (C=O) groups is 1. The minimum Gasteiger partial charge on any atom is -0.334 e. The number of carbonyl (C=O) groups excluding carboxylic acids is 1. The first-order valence-electron chi connectivity index (χ1n) is 10.6. The zero-order valence-electron chi connectivity index (χ0n) is 18.4. The van der Waals surface area contributed by atoms with Crippen LogP contribution in [-0.2, 0) is 0 Å². The highest BCUT2D eigenvalue weighted by Crippen LogP contribution is 2.39. The average Bonchev–Trinajstić information content (AvgIpc) is 3.32. The quantitative estimate of drug-likeness (QED) is 0.364. The topological polar surface area (TPSA) is 71.3 Å². The SMILES string of the molecule is CC1=C(c2nc(-c3ccccc3)no2)C(c2ccc(F)cc2)NC(=O)N1c1ccc(C)c(Cl)c1. The van der Waals surface area contributed by atoms with Gasteiger partial charge in [0.1, 0.15) is 5.82 Å². The van der Waals surface area contributed by atoms with Crippen molar-refractivity contribution in [3.05, 3.63) is 106 Å². The van der Waals surface area contributed by atoms with Gasteiger partial charge >= 0.3 is 6.03 Å². The van der Waals surface area contributed by atoms with Crippen molar-refractivity contribution >= 4 is 28.9 Å². The summed E-state index contributed by atoms with van der Waals surface area (Å²) in [6, 6.07) is 19.9. The number of rotatable bonds is 4. The van der Waals surface area contributed by atoms with Gasteiger partial charge in [-0.2, -0.15) is 4.98 Å². The Kier molecular flexibility index (Phi) is 5.63. The van der Waals surface area contributed by atoms with Crippen LogP contribution in [0.1, 0.15) is 30.0 Å². The maximum atomic E-state index is 13.6. The Morgan fingerprint density at radius 2 is 1.76 bits per heavy atom. The van der Waals surface area contributed by atoms with Crippen LogP contribution in [0.15, 0.2) is 83.0 Å². The summed E-state index contributed by atoms with van der Waals surface area (Å²) in [5.74, 6) is 0.317. The summed E-state index contributed by atoms with van der Waals surface area (Å²) in [5, 5.41) is 7.69. The highest BCUT2D eigenvalue weighted by molar-refractivity contribution is 6.31. The Morgan fingerprint density at radius 1 is 1.03 bits per heavy atom. The van der Waals surface area contributed by atoms with E-state index >= 15 is 0 Å². The maximum absolute atomic E-state index is 13.6. The van der Waals surface area contributed by atoms with E-state index < -0.39 is 6.04 Å². The van der Waals surface area contributed by atoms with Gasteiger partial charge in [-0.1, -0.05) is 65.3 Å². The van der Waals surface area contributed by atoms with E-state index in [1.54, 1.807) is 18.2 Å². The molecule has 0 spiro atoms. The molecule has 1 atom stereocenters. The highest BCUT2D eigenvalue weighted by atomic mass is 35.5. The predicted molar refractivity (Wildman–Crippen MR) is 129 cm³/mol. The van der Waals surface area contributed by atoms with Crippen LogP contribution in [0.5, 0.6) is 0 Å². The summed E-state index contributed by atoms with van der Waals surface area (Å²) in [5.41, 5.74) is 4.20. The van der Waals surface area contributed by atoms with Crippen molar-refractivity contribution in [2.45, 2.75) is 19.9 Å². The molecule has 6 nitrogen and oxygen atoms in total. The number of anilines is 1. The molecule has 2 amide bonds. The second kappa shape index (κ2) is 8.76. The van der Waals surface area contributed by atoms with Crippen LogP contribution in [0.3, 0.4) is 0 Å². The van der Waals surface area contributed by atoms with E-state index in [0.717, 1.165) is 11.1 Å². The zero-order chi connectivity index (χ0) is 23.8. The molecular weight excluding hydrogens is 455 g/mol. The molecule has 5 rings (SSSR count). The summed E-state index contributed by atoms with van der Waals surface area (Å²) >= 11 is 6.34. The maximum Gasteiger partial charge on any atom is 0.326 e. The number of amides is 2. The van der Waals surface area contributed by atoms with Crippen molar-refractivity contribution < 1.29 is 13.7 Å². The second-order valence-corrected chi connectivity index (χ2v) is 8.40. The van der Waals surface area contributed by atoms with E-state index in [-0.39, 0.29) is 17.7 Å². The van der Waals surface area contributed by atoms with E-state index in [9.17, 15) is 9.18 Å². The molecule has 34 heavy (non-hydrogen) atoms. The van der Waals surface area contributed by atoms with Gasteiger partial charge in [-0.3, -0.25) is 4.90 Å². The molecule has 170 valence electrons. The molecule has 1 aliphatic rings. The first kappa shape index (κ1) is 21.9. The lowest BCUT2D eigenvalue weighted by Gasteiger charge is -2.35. The summed E-state index contributed by atoms with van der Waals surface area (Å²) in [4.78, 5) is 19.4. The third-order valence-electron chi connectivity index (χ3n) is 5.79. The molecule has 1 aromatic heterocycles. The predicted octanol–water partition coefficient (Wildman–Crippen LogP) is 6.54. The van der Waals surface area contributed by atoms with Crippen LogP contribution in [0, 0.1) is 12.7 Å². The van der Waals surface area contributed by atoms with Gasteiger partial charge in [-0.25, -0.2) is 9.18 Å². The Hall–Kier alpha value is -3.97. The number of hydrogen-bond acceptors (Lipinski definition) is 4. The molecule has 0 aliphatic carbocycles. The van der Waals surface area contributed by atoms with Crippen molar-refractivity contribution in [2.24, 2.45) is 0 Å². The number of benzene rings is 3. The van der Waals surface area contributed by atoms with Gasteiger partial charge in [-0.15, -0.1) is 0 Å². The third kappa shape index (κ3) is 3.95. The van der Waals surface area contributed by atoms with E-state index in [2.05, 4.69) is 15.5 Å². The van der Waals surface area contributed by atoms with Crippen LogP contribution < -0.4 is 10.2 Å². The molecule has 0 fully saturated rings. The Bertz CT molecular complexity index is 1400. The van der Waals surface area contributed by atoms with Crippen molar-refractivity contribution in [1.82, 2.24) is 15.5 Å². The van der Waals surface area contributed by atoms with Gasteiger partial charge in [-0.05, 0) is 49.2 Å². The number of aromatic nitrogens is 2. The summed E-state index contributed by atoms with van der Waals surface area (Å²) in [6.45, 7) is 3.70. The Morgan fingerprint density at radius 3 is 2.47 bits per heavy atom. The van der Waals surface area contributed by atoms with E-state index in [0.29, 0.717) is 33.4 Å². The largest absolute Gasteiger partial charge is 0.334 e. The van der Waals surface area contributed by atoms with Gasteiger partial charge < -0.3 is 9.84 Å². The number of hydrogen-bond donors (Lipinski definition) is 1. The van der Waals surface area contributed by atoms with Gasteiger partial charge in [0.15, 0.2) is 0 Å². The molecule has 0 saturated carbocycles. The lowest BCUT2D eigenvalue weighted by atomic mass is 9.94. The smallest absolute Gasteiger partial charge is 0.326 e. The zero-order valence-corrected chi connectivity index (χ0v) is 19.2. The van der Waals surface area contributed by atoms with Crippen molar-refractivity contribution in [3.8, 4) is 11.4 Å². The minimum atomic E-state index is -0.616. The Labute approximate surface area is 200 Å². The Balaban J connectivity index is 1.66. The van der Waals surface area contributed by atoms with Crippen molar-refractivity contribution in [2.75, 3.05) is 4.90 Å². The minimum absolute atomic E-state index is 0.258. The molecule has 0 radical (unpaired) electrons. The summed E-state index contributed by atoms with van der Waals surface area (Å²) < 4.78 is 19.3. The summed E-state index contributed by atoms with van der Waals surface area (Å²) in [7, 11) is 0. The average molecular weight is 475 g/mol. The number of nitrogens with one attached hydrogen (secondary N) is 1. The molecule has 3 aromatic carbocycles. The fraction of sp³-hybridized carbons (Fsp3) is 0.115. The first-order valence-corrected chi connectivity index (χ1v) is 11.0. The van der Waals surface area contributed by atoms with E-state index in [1.165, 1.54) is 17.0 Å². The lowest BCUT2D eigenvalue weighted by molar-refractivity contribution is 0.244. The fourth-order valence-corrected chi connectivity index (χ4v) is 4.17. The molecule has 1 N–H and O–H groups in total.